The lowest BCUT2D eigenvalue weighted by atomic mass is 10.0. The summed E-state index contributed by atoms with van der Waals surface area (Å²) < 4.78 is 0. The van der Waals surface area contributed by atoms with Crippen molar-refractivity contribution in [2.24, 2.45) is 0 Å². The maximum absolute atomic E-state index is 12.4. The summed E-state index contributed by atoms with van der Waals surface area (Å²) >= 11 is 7.09. The Bertz CT molecular complexity index is 686. The molecule has 0 radical (unpaired) electrons. The SMILES string of the molecule is Cc1cc(CCC(=O)N2CCC(N3C(=O)CSC3=O)CC2)ccc1Cl. The van der Waals surface area contributed by atoms with E-state index in [1.54, 1.807) is 0 Å². The van der Waals surface area contributed by atoms with Gasteiger partial charge < -0.3 is 4.90 Å². The van der Waals surface area contributed by atoms with E-state index in [2.05, 4.69) is 0 Å². The normalized spacial score (nSPS) is 19.0. The zero-order valence-electron chi connectivity index (χ0n) is 14.2. The fraction of sp³-hybridized carbons (Fsp3) is 0.500. The van der Waals surface area contributed by atoms with Crippen molar-refractivity contribution < 1.29 is 14.4 Å². The number of hydrogen-bond donors (Lipinski definition) is 0. The topological polar surface area (TPSA) is 57.7 Å². The fourth-order valence-corrected chi connectivity index (χ4v) is 4.26. The third-order valence-corrected chi connectivity index (χ3v) is 6.08. The summed E-state index contributed by atoms with van der Waals surface area (Å²) in [6.45, 7) is 3.16. The molecule has 1 aromatic carbocycles. The predicted molar refractivity (Wildman–Crippen MR) is 98.8 cm³/mol. The average Bonchev–Trinajstić information content (AvgIpc) is 2.94. The van der Waals surface area contributed by atoms with Gasteiger partial charge in [-0.2, -0.15) is 0 Å². The number of amides is 3. The van der Waals surface area contributed by atoms with Crippen LogP contribution >= 0.6 is 23.4 Å². The number of imide groups is 1. The molecule has 134 valence electrons. The van der Waals surface area contributed by atoms with Crippen LogP contribution < -0.4 is 0 Å². The monoisotopic (exact) mass is 380 g/mol. The van der Waals surface area contributed by atoms with Gasteiger partial charge in [0.25, 0.3) is 5.24 Å². The van der Waals surface area contributed by atoms with Crippen LogP contribution in [0.25, 0.3) is 0 Å². The number of aryl methyl sites for hydroxylation is 2. The minimum atomic E-state index is -0.145. The zero-order chi connectivity index (χ0) is 18.0. The summed E-state index contributed by atoms with van der Waals surface area (Å²) in [5, 5.41) is 0.592. The molecule has 1 aromatic rings. The molecule has 2 saturated heterocycles. The highest BCUT2D eigenvalue weighted by atomic mass is 35.5. The second kappa shape index (κ2) is 7.79. The summed E-state index contributed by atoms with van der Waals surface area (Å²) in [7, 11) is 0. The second-order valence-electron chi connectivity index (χ2n) is 6.51. The Morgan fingerprint density at radius 2 is 2.00 bits per heavy atom. The molecule has 3 rings (SSSR count). The molecule has 7 heteroatoms. The molecule has 0 aliphatic carbocycles. The van der Waals surface area contributed by atoms with E-state index in [9.17, 15) is 14.4 Å². The van der Waals surface area contributed by atoms with Crippen molar-refractivity contribution in [3.05, 3.63) is 34.3 Å². The molecule has 0 N–H and O–H groups in total. The lowest BCUT2D eigenvalue weighted by Gasteiger charge is -2.35. The molecule has 0 aromatic heterocycles. The van der Waals surface area contributed by atoms with E-state index >= 15 is 0 Å². The molecule has 5 nitrogen and oxygen atoms in total. The van der Waals surface area contributed by atoms with Gasteiger partial charge in [-0.05, 0) is 43.4 Å². The molecule has 2 fully saturated rings. The summed E-state index contributed by atoms with van der Waals surface area (Å²) in [6.07, 6.45) is 2.49. The van der Waals surface area contributed by atoms with E-state index in [1.807, 2.05) is 30.0 Å². The Hall–Kier alpha value is -1.53. The van der Waals surface area contributed by atoms with Crippen LogP contribution in [0.1, 0.15) is 30.4 Å². The Morgan fingerprint density at radius 3 is 2.60 bits per heavy atom. The van der Waals surface area contributed by atoms with Crippen LogP contribution in [0.5, 0.6) is 0 Å². The minimum Gasteiger partial charge on any atom is -0.343 e. The van der Waals surface area contributed by atoms with Crippen LogP contribution in [0, 0.1) is 6.92 Å². The summed E-state index contributed by atoms with van der Waals surface area (Å²) in [5.74, 6) is 0.274. The zero-order valence-corrected chi connectivity index (χ0v) is 15.7. The highest BCUT2D eigenvalue weighted by Gasteiger charge is 2.37. The molecule has 0 unspecified atom stereocenters. The quantitative estimate of drug-likeness (QED) is 0.804. The maximum atomic E-state index is 12.4. The number of carbonyl (C=O) groups excluding carboxylic acids is 3. The van der Waals surface area contributed by atoms with Gasteiger partial charge in [0.1, 0.15) is 0 Å². The number of hydrogen-bond acceptors (Lipinski definition) is 4. The van der Waals surface area contributed by atoms with Gasteiger partial charge in [-0.15, -0.1) is 0 Å². The lowest BCUT2D eigenvalue weighted by molar-refractivity contribution is -0.133. The van der Waals surface area contributed by atoms with Crippen molar-refractivity contribution in [1.29, 1.82) is 0 Å². The Labute approximate surface area is 156 Å². The summed E-state index contributed by atoms with van der Waals surface area (Å²) in [4.78, 5) is 39.3. The first kappa shape index (κ1) is 18.3. The molecular formula is C18H21ClN2O3S. The highest BCUT2D eigenvalue weighted by Crippen LogP contribution is 2.27. The number of halogens is 1. The summed E-state index contributed by atoms with van der Waals surface area (Å²) in [6, 6.07) is 5.78. The molecule has 2 aliphatic rings. The van der Waals surface area contributed by atoms with Gasteiger partial charge in [0.2, 0.25) is 11.8 Å². The van der Waals surface area contributed by atoms with E-state index in [1.165, 1.54) is 4.90 Å². The van der Waals surface area contributed by atoms with Gasteiger partial charge in [-0.25, -0.2) is 0 Å². The molecule has 3 amide bonds. The van der Waals surface area contributed by atoms with Gasteiger partial charge >= 0.3 is 0 Å². The van der Waals surface area contributed by atoms with E-state index in [4.69, 9.17) is 11.6 Å². The van der Waals surface area contributed by atoms with Crippen molar-refractivity contribution >= 4 is 40.4 Å². The van der Waals surface area contributed by atoms with Crippen LogP contribution in [0.15, 0.2) is 18.2 Å². The van der Waals surface area contributed by atoms with E-state index in [0.717, 1.165) is 27.9 Å². The molecule has 25 heavy (non-hydrogen) atoms. The third-order valence-electron chi connectivity index (χ3n) is 4.82. The van der Waals surface area contributed by atoms with Crippen molar-refractivity contribution in [3.8, 4) is 0 Å². The predicted octanol–water partition coefficient (Wildman–Crippen LogP) is 3.27. The van der Waals surface area contributed by atoms with Crippen molar-refractivity contribution in [3.63, 3.8) is 0 Å². The smallest absolute Gasteiger partial charge is 0.289 e. The third kappa shape index (κ3) is 4.18. The molecule has 0 saturated carbocycles. The highest BCUT2D eigenvalue weighted by molar-refractivity contribution is 8.14. The maximum Gasteiger partial charge on any atom is 0.289 e. The van der Waals surface area contributed by atoms with Crippen molar-refractivity contribution in [1.82, 2.24) is 9.80 Å². The minimum absolute atomic E-state index is 0.0574. The molecule has 2 heterocycles. The number of likely N-dealkylation sites (tertiary alicyclic amines) is 1. The first-order chi connectivity index (χ1) is 12.0. The van der Waals surface area contributed by atoms with Crippen LogP contribution in [-0.4, -0.2) is 51.7 Å². The van der Waals surface area contributed by atoms with Crippen molar-refractivity contribution in [2.75, 3.05) is 18.8 Å². The Kier molecular flexibility index (Phi) is 5.69. The molecule has 0 bridgehead atoms. The first-order valence-corrected chi connectivity index (χ1v) is 9.83. The van der Waals surface area contributed by atoms with Gasteiger partial charge in [-0.3, -0.25) is 19.3 Å². The first-order valence-electron chi connectivity index (χ1n) is 8.47. The molecule has 0 spiro atoms. The number of rotatable bonds is 4. The van der Waals surface area contributed by atoms with Crippen LogP contribution in [0.2, 0.25) is 5.02 Å². The molecular weight excluding hydrogens is 360 g/mol. The molecule has 2 aliphatic heterocycles. The second-order valence-corrected chi connectivity index (χ2v) is 7.85. The van der Waals surface area contributed by atoms with Gasteiger partial charge in [0, 0.05) is 30.6 Å². The van der Waals surface area contributed by atoms with Crippen LogP contribution in [0.4, 0.5) is 4.79 Å². The fourth-order valence-electron chi connectivity index (χ4n) is 3.36. The van der Waals surface area contributed by atoms with E-state index < -0.39 is 0 Å². The number of nitrogens with zero attached hydrogens (tertiary/aromatic N) is 2. The van der Waals surface area contributed by atoms with E-state index in [0.29, 0.717) is 38.8 Å². The van der Waals surface area contributed by atoms with Gasteiger partial charge in [0.05, 0.1) is 5.75 Å². The average molecular weight is 381 g/mol. The van der Waals surface area contributed by atoms with Crippen molar-refractivity contribution in [2.45, 2.75) is 38.6 Å². The Morgan fingerprint density at radius 1 is 1.28 bits per heavy atom. The van der Waals surface area contributed by atoms with Gasteiger partial charge in [0.15, 0.2) is 0 Å². The lowest BCUT2D eigenvalue weighted by Crippen LogP contribution is -2.48. The largest absolute Gasteiger partial charge is 0.343 e. The van der Waals surface area contributed by atoms with E-state index in [-0.39, 0.29) is 28.8 Å². The van der Waals surface area contributed by atoms with Crippen LogP contribution in [-0.2, 0) is 16.0 Å². The summed E-state index contributed by atoms with van der Waals surface area (Å²) in [5.41, 5.74) is 2.13. The van der Waals surface area contributed by atoms with Crippen LogP contribution in [0.3, 0.4) is 0 Å². The number of benzene rings is 1. The Balaban J connectivity index is 1.49. The number of thioether (sulfide) groups is 1. The number of carbonyl (C=O) groups is 3. The van der Waals surface area contributed by atoms with Gasteiger partial charge in [-0.1, -0.05) is 35.5 Å². The molecule has 0 atom stereocenters. The standard InChI is InChI=1S/C18H21ClN2O3S/c1-12-10-13(2-4-15(12)19)3-5-16(22)20-8-6-14(7-9-20)21-17(23)11-25-18(21)24/h2,4,10,14H,3,5-9,11H2,1H3. The number of piperidine rings is 1.